The largest absolute Gasteiger partial charge is 0.376 e. The van der Waals surface area contributed by atoms with Crippen molar-refractivity contribution in [2.24, 2.45) is 0 Å². The van der Waals surface area contributed by atoms with Gasteiger partial charge in [-0.2, -0.15) is 0 Å². The Kier molecular flexibility index (Phi) is 13.5. The molecule has 0 bridgehead atoms. The Morgan fingerprint density at radius 2 is 1.05 bits per heavy atom. The van der Waals surface area contributed by atoms with Gasteiger partial charge in [-0.3, -0.25) is 4.90 Å². The van der Waals surface area contributed by atoms with Gasteiger partial charge in [0.2, 0.25) is 0 Å². The molecule has 2 heteroatoms. The van der Waals surface area contributed by atoms with Gasteiger partial charge < -0.3 is 5.11 Å². The predicted octanol–water partition coefficient (Wildman–Crippen LogP) is 5.74. The van der Waals surface area contributed by atoms with Gasteiger partial charge in [0, 0.05) is 0 Å². The van der Waals surface area contributed by atoms with Gasteiger partial charge in [0.25, 0.3) is 0 Å². The molecule has 0 heterocycles. The molecule has 1 N–H and O–H groups in total. The Bertz CT molecular complexity index is 218. The van der Waals surface area contributed by atoms with Crippen molar-refractivity contribution >= 4 is 0 Å². The zero-order chi connectivity index (χ0) is 16.0. The van der Waals surface area contributed by atoms with Crippen molar-refractivity contribution < 1.29 is 5.11 Å². The van der Waals surface area contributed by atoms with Crippen LogP contribution in [0.5, 0.6) is 0 Å². The van der Waals surface area contributed by atoms with Gasteiger partial charge in [0.1, 0.15) is 5.72 Å². The van der Waals surface area contributed by atoms with Crippen LogP contribution in [-0.2, 0) is 0 Å². The van der Waals surface area contributed by atoms with Crippen molar-refractivity contribution in [2.75, 3.05) is 14.1 Å². The van der Waals surface area contributed by atoms with Gasteiger partial charge in [-0.1, -0.05) is 84.5 Å². The third kappa shape index (κ3) is 11.2. The lowest BCUT2D eigenvalue weighted by Gasteiger charge is -2.34. The van der Waals surface area contributed by atoms with Gasteiger partial charge in [-0.05, 0) is 33.4 Å². The SMILES string of the molecule is CCCCCCCCCCCCCCC(O)(CC)N(C)C. The van der Waals surface area contributed by atoms with E-state index < -0.39 is 5.72 Å². The van der Waals surface area contributed by atoms with Gasteiger partial charge >= 0.3 is 0 Å². The molecule has 0 radical (unpaired) electrons. The number of hydrogen-bond donors (Lipinski definition) is 1. The molecule has 0 aromatic heterocycles. The van der Waals surface area contributed by atoms with E-state index in [0.717, 1.165) is 19.3 Å². The van der Waals surface area contributed by atoms with Crippen molar-refractivity contribution in [3.63, 3.8) is 0 Å². The van der Waals surface area contributed by atoms with Crippen LogP contribution in [0.2, 0.25) is 0 Å². The molecule has 0 aromatic rings. The Balaban J connectivity index is 3.29. The molecule has 0 aliphatic heterocycles. The Labute approximate surface area is 134 Å². The average molecular weight is 300 g/mol. The van der Waals surface area contributed by atoms with Crippen LogP contribution in [-0.4, -0.2) is 29.8 Å². The van der Waals surface area contributed by atoms with Crippen molar-refractivity contribution in [3.05, 3.63) is 0 Å². The molecular formula is C19H41NO. The minimum Gasteiger partial charge on any atom is -0.376 e. The fraction of sp³-hybridized carbons (Fsp3) is 1.00. The lowest BCUT2D eigenvalue weighted by molar-refractivity contribution is -0.0926. The van der Waals surface area contributed by atoms with E-state index in [4.69, 9.17) is 0 Å². The number of aliphatic hydroxyl groups is 1. The second-order valence-electron chi connectivity index (χ2n) is 6.87. The highest BCUT2D eigenvalue weighted by atomic mass is 16.3. The van der Waals surface area contributed by atoms with Gasteiger partial charge in [-0.15, -0.1) is 0 Å². The van der Waals surface area contributed by atoms with Gasteiger partial charge in [0.15, 0.2) is 0 Å². The fourth-order valence-electron chi connectivity index (χ4n) is 2.97. The normalized spacial score (nSPS) is 14.6. The van der Waals surface area contributed by atoms with Crippen LogP contribution >= 0.6 is 0 Å². The second-order valence-corrected chi connectivity index (χ2v) is 6.87. The minimum absolute atomic E-state index is 0.585. The summed E-state index contributed by atoms with van der Waals surface area (Å²) in [7, 11) is 3.95. The first kappa shape index (κ1) is 20.9. The van der Waals surface area contributed by atoms with E-state index in [1.807, 2.05) is 19.0 Å². The van der Waals surface area contributed by atoms with Crippen molar-refractivity contribution in [3.8, 4) is 0 Å². The van der Waals surface area contributed by atoms with E-state index in [-0.39, 0.29) is 0 Å². The standard InChI is InChI=1S/C19H41NO/c1-5-7-8-9-10-11-12-13-14-15-16-17-18-19(21,6-2)20(3)4/h21H,5-18H2,1-4H3. The number of rotatable bonds is 15. The predicted molar refractivity (Wildman–Crippen MR) is 94.6 cm³/mol. The van der Waals surface area contributed by atoms with Crippen LogP contribution in [0.3, 0.4) is 0 Å². The van der Waals surface area contributed by atoms with Crippen LogP contribution in [0.1, 0.15) is 104 Å². The highest BCUT2D eigenvalue weighted by Crippen LogP contribution is 2.21. The van der Waals surface area contributed by atoms with E-state index in [1.165, 1.54) is 70.6 Å². The van der Waals surface area contributed by atoms with Crippen molar-refractivity contribution in [1.29, 1.82) is 0 Å². The van der Waals surface area contributed by atoms with Gasteiger partial charge in [0.05, 0.1) is 0 Å². The molecule has 0 amide bonds. The van der Waals surface area contributed by atoms with Crippen molar-refractivity contribution in [2.45, 2.75) is 109 Å². The zero-order valence-electron chi connectivity index (χ0n) is 15.3. The lowest BCUT2D eigenvalue weighted by Crippen LogP contribution is -2.43. The highest BCUT2D eigenvalue weighted by Gasteiger charge is 2.25. The summed E-state index contributed by atoms with van der Waals surface area (Å²) in [6, 6.07) is 0. The zero-order valence-corrected chi connectivity index (χ0v) is 15.3. The molecule has 128 valence electrons. The van der Waals surface area contributed by atoms with Crippen LogP contribution < -0.4 is 0 Å². The summed E-state index contributed by atoms with van der Waals surface area (Å²) >= 11 is 0. The molecule has 0 aliphatic rings. The van der Waals surface area contributed by atoms with E-state index in [2.05, 4.69) is 13.8 Å². The molecule has 0 saturated heterocycles. The first-order chi connectivity index (χ1) is 10.1. The minimum atomic E-state index is -0.585. The lowest BCUT2D eigenvalue weighted by atomic mass is 9.99. The summed E-state index contributed by atoms with van der Waals surface area (Å²) in [6.45, 7) is 4.35. The molecule has 0 aromatic carbocycles. The average Bonchev–Trinajstić information content (AvgIpc) is 2.47. The van der Waals surface area contributed by atoms with Crippen LogP contribution in [0.4, 0.5) is 0 Å². The van der Waals surface area contributed by atoms with Crippen LogP contribution in [0.25, 0.3) is 0 Å². The second kappa shape index (κ2) is 13.6. The summed E-state index contributed by atoms with van der Waals surface area (Å²) in [5, 5.41) is 10.4. The molecule has 2 nitrogen and oxygen atoms in total. The monoisotopic (exact) mass is 299 g/mol. The highest BCUT2D eigenvalue weighted by molar-refractivity contribution is 4.73. The quantitative estimate of drug-likeness (QED) is 0.308. The third-order valence-corrected chi connectivity index (χ3v) is 4.83. The summed E-state index contributed by atoms with van der Waals surface area (Å²) < 4.78 is 0. The van der Waals surface area contributed by atoms with E-state index >= 15 is 0 Å². The Hall–Kier alpha value is -0.0800. The first-order valence-electron chi connectivity index (χ1n) is 9.46. The van der Waals surface area contributed by atoms with E-state index in [1.54, 1.807) is 0 Å². The molecule has 0 rings (SSSR count). The molecule has 0 aliphatic carbocycles. The van der Waals surface area contributed by atoms with Crippen LogP contribution in [0.15, 0.2) is 0 Å². The van der Waals surface area contributed by atoms with E-state index in [9.17, 15) is 5.11 Å². The maximum absolute atomic E-state index is 10.4. The summed E-state index contributed by atoms with van der Waals surface area (Å²) in [4.78, 5) is 1.96. The molecular weight excluding hydrogens is 258 g/mol. The molecule has 0 saturated carbocycles. The Morgan fingerprint density at radius 1 is 0.667 bits per heavy atom. The molecule has 1 unspecified atom stereocenters. The molecule has 0 spiro atoms. The maximum Gasteiger partial charge on any atom is 0.117 e. The number of nitrogens with zero attached hydrogens (tertiary/aromatic N) is 1. The molecule has 0 fully saturated rings. The topological polar surface area (TPSA) is 23.5 Å². The summed E-state index contributed by atoms with van der Waals surface area (Å²) in [5.41, 5.74) is -0.585. The van der Waals surface area contributed by atoms with E-state index in [0.29, 0.717) is 0 Å². The smallest absolute Gasteiger partial charge is 0.117 e. The number of hydrogen-bond acceptors (Lipinski definition) is 2. The fourth-order valence-corrected chi connectivity index (χ4v) is 2.97. The molecule has 21 heavy (non-hydrogen) atoms. The molecule has 1 atom stereocenters. The van der Waals surface area contributed by atoms with Crippen molar-refractivity contribution in [1.82, 2.24) is 4.90 Å². The van der Waals surface area contributed by atoms with Gasteiger partial charge in [-0.25, -0.2) is 0 Å². The number of unbranched alkanes of at least 4 members (excludes halogenated alkanes) is 11. The Morgan fingerprint density at radius 3 is 1.38 bits per heavy atom. The maximum atomic E-state index is 10.4. The third-order valence-electron chi connectivity index (χ3n) is 4.83. The van der Waals surface area contributed by atoms with Crippen LogP contribution in [0, 0.1) is 0 Å². The summed E-state index contributed by atoms with van der Waals surface area (Å²) in [6.07, 6.45) is 18.2. The first-order valence-corrected chi connectivity index (χ1v) is 9.46. The summed E-state index contributed by atoms with van der Waals surface area (Å²) in [5.74, 6) is 0.